The fourth-order valence-electron chi connectivity index (χ4n) is 2.26. The Labute approximate surface area is 112 Å². The Balaban J connectivity index is 1.79. The molecule has 20 heavy (non-hydrogen) atoms. The zero-order valence-electron chi connectivity index (χ0n) is 10.3. The summed E-state index contributed by atoms with van der Waals surface area (Å²) in [6.07, 6.45) is -4.47. The summed E-state index contributed by atoms with van der Waals surface area (Å²) in [4.78, 5) is 23.1. The first-order chi connectivity index (χ1) is 9.31. The average molecular weight is 284 g/mol. The number of alkyl halides is 3. The Morgan fingerprint density at radius 2 is 2.00 bits per heavy atom. The Kier molecular flexibility index (Phi) is 2.57. The molecule has 1 aliphatic carbocycles. The molecule has 0 atom stereocenters. The molecule has 1 aromatic carbocycles. The van der Waals surface area contributed by atoms with Crippen LogP contribution in [0.4, 0.5) is 18.9 Å². The van der Waals surface area contributed by atoms with Crippen molar-refractivity contribution in [1.82, 2.24) is 5.32 Å². The Morgan fingerprint density at radius 3 is 2.60 bits per heavy atom. The predicted octanol–water partition coefficient (Wildman–Crippen LogP) is 2.01. The lowest BCUT2D eigenvalue weighted by molar-refractivity contribution is -0.163. The van der Waals surface area contributed by atoms with Crippen molar-refractivity contribution in [2.75, 3.05) is 5.32 Å². The molecule has 0 unspecified atom stereocenters. The van der Waals surface area contributed by atoms with Gasteiger partial charge in [-0.05, 0) is 36.6 Å². The van der Waals surface area contributed by atoms with Crippen molar-refractivity contribution in [1.29, 1.82) is 0 Å². The molecule has 2 N–H and O–H groups in total. The molecule has 1 heterocycles. The molecule has 106 valence electrons. The predicted molar refractivity (Wildman–Crippen MR) is 64.3 cm³/mol. The van der Waals surface area contributed by atoms with Crippen LogP contribution in [0.15, 0.2) is 18.2 Å². The van der Waals surface area contributed by atoms with E-state index in [0.29, 0.717) is 11.3 Å². The quantitative estimate of drug-likeness (QED) is 0.872. The Bertz CT molecular complexity index is 606. The molecule has 1 fully saturated rings. The van der Waals surface area contributed by atoms with Crippen molar-refractivity contribution < 1.29 is 22.8 Å². The molecule has 1 aliphatic heterocycles. The van der Waals surface area contributed by atoms with Gasteiger partial charge in [0.05, 0.1) is 6.42 Å². The Morgan fingerprint density at radius 1 is 1.30 bits per heavy atom. The number of fused-ring (bicyclic) bond motifs is 1. The molecule has 0 bridgehead atoms. The lowest BCUT2D eigenvalue weighted by atomic mass is 10.1. The van der Waals surface area contributed by atoms with Gasteiger partial charge in [0.15, 0.2) is 0 Å². The normalized spacial score (nSPS) is 19.2. The van der Waals surface area contributed by atoms with Gasteiger partial charge in [-0.3, -0.25) is 9.59 Å². The summed E-state index contributed by atoms with van der Waals surface area (Å²) in [6.45, 7) is 0. The van der Waals surface area contributed by atoms with E-state index >= 15 is 0 Å². The average Bonchev–Trinajstić information content (AvgIpc) is 3.02. The molecule has 0 spiro atoms. The lowest BCUT2D eigenvalue weighted by Gasteiger charge is -2.20. The van der Waals surface area contributed by atoms with Crippen LogP contribution in [0, 0.1) is 0 Å². The number of anilines is 1. The van der Waals surface area contributed by atoms with Crippen molar-refractivity contribution >= 4 is 17.5 Å². The van der Waals surface area contributed by atoms with Crippen LogP contribution >= 0.6 is 0 Å². The first-order valence-electron chi connectivity index (χ1n) is 6.13. The SMILES string of the molecule is O=C1Cc2cc(C(=O)NC3(C(F)(F)F)CC3)ccc2N1. The number of carbonyl (C=O) groups is 2. The highest BCUT2D eigenvalue weighted by Crippen LogP contribution is 2.49. The summed E-state index contributed by atoms with van der Waals surface area (Å²) in [5.74, 6) is -0.950. The molecule has 0 saturated heterocycles. The summed E-state index contributed by atoms with van der Waals surface area (Å²) >= 11 is 0. The third-order valence-electron chi connectivity index (χ3n) is 3.64. The molecule has 0 aromatic heterocycles. The molecule has 4 nitrogen and oxygen atoms in total. The van der Waals surface area contributed by atoms with Gasteiger partial charge in [-0.1, -0.05) is 0 Å². The fourth-order valence-corrected chi connectivity index (χ4v) is 2.26. The molecule has 1 saturated carbocycles. The number of halogens is 3. The smallest absolute Gasteiger partial charge is 0.338 e. The molecular weight excluding hydrogens is 273 g/mol. The first-order valence-corrected chi connectivity index (χ1v) is 6.13. The third kappa shape index (κ3) is 2.03. The van der Waals surface area contributed by atoms with Crippen LogP contribution in [0.2, 0.25) is 0 Å². The maximum absolute atomic E-state index is 12.8. The molecule has 1 aromatic rings. The van der Waals surface area contributed by atoms with Crippen LogP contribution in [-0.2, 0) is 11.2 Å². The highest BCUT2D eigenvalue weighted by Gasteiger charge is 2.64. The van der Waals surface area contributed by atoms with Crippen LogP contribution in [-0.4, -0.2) is 23.5 Å². The monoisotopic (exact) mass is 284 g/mol. The summed E-state index contributed by atoms with van der Waals surface area (Å²) in [6, 6.07) is 4.39. The number of hydrogen-bond donors (Lipinski definition) is 2. The molecule has 2 amide bonds. The molecule has 0 radical (unpaired) electrons. The van der Waals surface area contributed by atoms with Crippen LogP contribution in [0.5, 0.6) is 0 Å². The van der Waals surface area contributed by atoms with E-state index in [2.05, 4.69) is 10.6 Å². The zero-order chi connectivity index (χ0) is 14.5. The summed E-state index contributed by atoms with van der Waals surface area (Å²) in [5.41, 5.74) is -0.712. The van der Waals surface area contributed by atoms with E-state index in [9.17, 15) is 22.8 Å². The lowest BCUT2D eigenvalue weighted by Crippen LogP contribution is -2.47. The van der Waals surface area contributed by atoms with Gasteiger partial charge in [-0.25, -0.2) is 0 Å². The zero-order valence-corrected chi connectivity index (χ0v) is 10.3. The molecule has 3 rings (SSSR count). The maximum Gasteiger partial charge on any atom is 0.411 e. The Hall–Kier alpha value is -2.05. The second kappa shape index (κ2) is 3.97. The van der Waals surface area contributed by atoms with E-state index in [1.54, 1.807) is 0 Å². The highest BCUT2D eigenvalue weighted by atomic mass is 19.4. The van der Waals surface area contributed by atoms with Gasteiger partial charge in [-0.2, -0.15) is 13.2 Å². The van der Waals surface area contributed by atoms with E-state index in [-0.39, 0.29) is 30.7 Å². The van der Waals surface area contributed by atoms with Crippen molar-refractivity contribution in [3.05, 3.63) is 29.3 Å². The third-order valence-corrected chi connectivity index (χ3v) is 3.64. The first kappa shape index (κ1) is 13.0. The van der Waals surface area contributed by atoms with Gasteiger partial charge in [-0.15, -0.1) is 0 Å². The number of hydrogen-bond acceptors (Lipinski definition) is 2. The van der Waals surface area contributed by atoms with Gasteiger partial charge in [0.2, 0.25) is 5.91 Å². The van der Waals surface area contributed by atoms with E-state index in [4.69, 9.17) is 0 Å². The van der Waals surface area contributed by atoms with E-state index in [1.165, 1.54) is 18.2 Å². The van der Waals surface area contributed by atoms with Crippen molar-refractivity contribution in [2.24, 2.45) is 0 Å². The number of benzene rings is 1. The van der Waals surface area contributed by atoms with Crippen LogP contribution in [0.3, 0.4) is 0 Å². The second-order valence-electron chi connectivity index (χ2n) is 5.13. The minimum Gasteiger partial charge on any atom is -0.338 e. The van der Waals surface area contributed by atoms with E-state index in [0.717, 1.165) is 0 Å². The molecule has 7 heteroatoms. The van der Waals surface area contributed by atoms with Gasteiger partial charge in [0.1, 0.15) is 5.54 Å². The topological polar surface area (TPSA) is 58.2 Å². The molecule has 2 aliphatic rings. The van der Waals surface area contributed by atoms with Gasteiger partial charge >= 0.3 is 6.18 Å². The number of amides is 2. The maximum atomic E-state index is 12.8. The van der Waals surface area contributed by atoms with Gasteiger partial charge < -0.3 is 10.6 Å². The van der Waals surface area contributed by atoms with E-state index in [1.807, 2.05) is 0 Å². The standard InChI is InChI=1S/C13H11F3N2O2/c14-13(15,16)12(3-4-12)18-11(20)7-1-2-9-8(5-7)6-10(19)17-9/h1-2,5H,3-4,6H2,(H,17,19)(H,18,20). The minimum absolute atomic E-state index is 0.0901. The number of rotatable bonds is 2. The molecular formula is C13H11F3N2O2. The summed E-state index contributed by atoms with van der Waals surface area (Å²) < 4.78 is 38.3. The summed E-state index contributed by atoms with van der Waals surface area (Å²) in [7, 11) is 0. The van der Waals surface area contributed by atoms with Crippen LogP contribution in [0.25, 0.3) is 0 Å². The van der Waals surface area contributed by atoms with Crippen molar-refractivity contribution in [3.8, 4) is 0 Å². The fraction of sp³-hybridized carbons (Fsp3) is 0.385. The van der Waals surface area contributed by atoms with Crippen LogP contribution < -0.4 is 10.6 Å². The highest BCUT2D eigenvalue weighted by molar-refractivity contribution is 6.01. The number of nitrogens with one attached hydrogen (secondary N) is 2. The largest absolute Gasteiger partial charge is 0.411 e. The minimum atomic E-state index is -4.43. The van der Waals surface area contributed by atoms with Crippen molar-refractivity contribution in [3.63, 3.8) is 0 Å². The second-order valence-corrected chi connectivity index (χ2v) is 5.13. The number of carbonyl (C=O) groups excluding carboxylic acids is 2. The van der Waals surface area contributed by atoms with Crippen LogP contribution in [0.1, 0.15) is 28.8 Å². The van der Waals surface area contributed by atoms with Crippen molar-refractivity contribution in [2.45, 2.75) is 31.0 Å². The summed E-state index contributed by atoms with van der Waals surface area (Å²) in [5, 5.41) is 4.65. The van der Waals surface area contributed by atoms with Gasteiger partial charge in [0.25, 0.3) is 5.91 Å². The van der Waals surface area contributed by atoms with Gasteiger partial charge in [0, 0.05) is 11.3 Å². The van der Waals surface area contributed by atoms with E-state index < -0.39 is 17.6 Å².